The van der Waals surface area contributed by atoms with Gasteiger partial charge < -0.3 is 14.4 Å². The molecule has 0 bridgehead atoms. The lowest BCUT2D eigenvalue weighted by Crippen LogP contribution is -2.46. The van der Waals surface area contributed by atoms with Crippen LogP contribution in [0.15, 0.2) is 24.3 Å². The zero-order chi connectivity index (χ0) is 15.4. The first-order valence-corrected chi connectivity index (χ1v) is 8.32. The Balaban J connectivity index is 1.82. The predicted molar refractivity (Wildman–Crippen MR) is 84.7 cm³/mol. The highest BCUT2D eigenvalue weighted by molar-refractivity contribution is 5.81. The van der Waals surface area contributed by atoms with Crippen LogP contribution in [0.5, 0.6) is 0 Å². The van der Waals surface area contributed by atoms with Crippen molar-refractivity contribution in [2.75, 3.05) is 26.4 Å². The fourth-order valence-corrected chi connectivity index (χ4v) is 3.41. The van der Waals surface area contributed by atoms with E-state index in [0.717, 1.165) is 19.4 Å². The van der Waals surface area contributed by atoms with Gasteiger partial charge in [0, 0.05) is 6.54 Å². The first-order valence-electron chi connectivity index (χ1n) is 8.32. The highest BCUT2D eigenvalue weighted by atomic mass is 16.6. The normalized spacial score (nSPS) is 26.5. The van der Waals surface area contributed by atoms with Crippen molar-refractivity contribution >= 4 is 5.91 Å². The van der Waals surface area contributed by atoms with Gasteiger partial charge in [-0.05, 0) is 25.3 Å². The van der Waals surface area contributed by atoms with Crippen molar-refractivity contribution in [1.29, 1.82) is 0 Å². The van der Waals surface area contributed by atoms with Crippen LogP contribution in [0.4, 0.5) is 0 Å². The molecule has 4 nitrogen and oxygen atoms in total. The molecule has 1 aromatic rings. The average Bonchev–Trinajstić information content (AvgIpc) is 2.81. The van der Waals surface area contributed by atoms with Gasteiger partial charge in [-0.1, -0.05) is 42.7 Å². The van der Waals surface area contributed by atoms with Gasteiger partial charge in [-0.25, -0.2) is 0 Å². The summed E-state index contributed by atoms with van der Waals surface area (Å²) in [6.45, 7) is 4.40. The molecule has 0 aliphatic carbocycles. The lowest BCUT2D eigenvalue weighted by atomic mass is 9.98. The average molecular weight is 303 g/mol. The van der Waals surface area contributed by atoms with Crippen LogP contribution in [-0.4, -0.2) is 43.3 Å². The van der Waals surface area contributed by atoms with Crippen LogP contribution in [0, 0.1) is 6.92 Å². The number of likely N-dealkylation sites (tertiary alicyclic amines) is 1. The van der Waals surface area contributed by atoms with Gasteiger partial charge >= 0.3 is 0 Å². The maximum absolute atomic E-state index is 12.9. The molecule has 0 spiro atoms. The minimum atomic E-state index is -0.431. The maximum atomic E-state index is 12.9. The first-order chi connectivity index (χ1) is 10.8. The van der Waals surface area contributed by atoms with Crippen molar-refractivity contribution in [2.45, 2.75) is 44.8 Å². The van der Waals surface area contributed by atoms with Crippen molar-refractivity contribution in [3.05, 3.63) is 35.4 Å². The molecule has 22 heavy (non-hydrogen) atoms. The van der Waals surface area contributed by atoms with Crippen molar-refractivity contribution < 1.29 is 14.3 Å². The van der Waals surface area contributed by atoms with E-state index in [9.17, 15) is 4.79 Å². The van der Waals surface area contributed by atoms with Gasteiger partial charge in [0.15, 0.2) is 6.10 Å². The summed E-state index contributed by atoms with van der Waals surface area (Å²) in [5.41, 5.74) is 2.48. The fourth-order valence-electron chi connectivity index (χ4n) is 3.41. The molecule has 1 amide bonds. The monoisotopic (exact) mass is 303 g/mol. The maximum Gasteiger partial charge on any atom is 0.254 e. The minimum Gasteiger partial charge on any atom is -0.376 e. The standard InChI is InChI=1S/C18H25NO3/c1-14-6-5-7-15(12-14)16-8-3-2-4-9-19(16)18(20)17-13-21-10-11-22-17/h5-7,12,16-17H,2-4,8-11,13H2,1H3/t16-,17+/m0/s1. The van der Waals surface area contributed by atoms with E-state index in [4.69, 9.17) is 9.47 Å². The van der Waals surface area contributed by atoms with Crippen LogP contribution >= 0.6 is 0 Å². The number of aryl methyl sites for hydroxylation is 1. The van der Waals surface area contributed by atoms with Gasteiger partial charge in [-0.2, -0.15) is 0 Å². The summed E-state index contributed by atoms with van der Waals surface area (Å²) >= 11 is 0. The van der Waals surface area contributed by atoms with Gasteiger partial charge in [0.05, 0.1) is 25.9 Å². The van der Waals surface area contributed by atoms with Crippen LogP contribution in [0.25, 0.3) is 0 Å². The third kappa shape index (κ3) is 3.50. The molecule has 2 heterocycles. The molecule has 3 rings (SSSR count). The first kappa shape index (κ1) is 15.5. The Morgan fingerprint density at radius 2 is 2.14 bits per heavy atom. The van der Waals surface area contributed by atoms with Crippen LogP contribution in [-0.2, 0) is 14.3 Å². The molecule has 0 radical (unpaired) electrons. The molecular formula is C18H25NO3. The third-order valence-corrected chi connectivity index (χ3v) is 4.55. The molecule has 0 unspecified atom stereocenters. The number of ether oxygens (including phenoxy) is 2. The topological polar surface area (TPSA) is 38.8 Å². The Bertz CT molecular complexity index is 511. The second-order valence-corrected chi connectivity index (χ2v) is 6.25. The lowest BCUT2D eigenvalue weighted by molar-refractivity contribution is -0.160. The van der Waals surface area contributed by atoms with Crippen molar-refractivity contribution in [3.63, 3.8) is 0 Å². The highest BCUT2D eigenvalue weighted by Crippen LogP contribution is 2.31. The Morgan fingerprint density at radius 1 is 1.23 bits per heavy atom. The van der Waals surface area contributed by atoms with E-state index in [-0.39, 0.29) is 11.9 Å². The van der Waals surface area contributed by atoms with Crippen molar-refractivity contribution in [2.24, 2.45) is 0 Å². The van der Waals surface area contributed by atoms with Crippen LogP contribution in [0.2, 0.25) is 0 Å². The number of hydrogen-bond acceptors (Lipinski definition) is 3. The van der Waals surface area contributed by atoms with E-state index in [1.54, 1.807) is 0 Å². The second-order valence-electron chi connectivity index (χ2n) is 6.25. The molecule has 2 atom stereocenters. The number of hydrogen-bond donors (Lipinski definition) is 0. The number of carbonyl (C=O) groups excluding carboxylic acids is 1. The minimum absolute atomic E-state index is 0.0908. The van der Waals surface area contributed by atoms with Gasteiger partial charge in [-0.15, -0.1) is 0 Å². The molecule has 0 aromatic heterocycles. The number of carbonyl (C=O) groups is 1. The molecule has 1 aromatic carbocycles. The summed E-state index contributed by atoms with van der Waals surface area (Å²) in [4.78, 5) is 14.9. The van der Waals surface area contributed by atoms with E-state index < -0.39 is 6.10 Å². The van der Waals surface area contributed by atoms with Gasteiger partial charge in [0.25, 0.3) is 5.91 Å². The fraction of sp³-hybridized carbons (Fsp3) is 0.611. The van der Waals surface area contributed by atoms with E-state index in [2.05, 4.69) is 31.2 Å². The Kier molecular flexibility index (Phi) is 5.11. The van der Waals surface area contributed by atoms with Crippen molar-refractivity contribution in [1.82, 2.24) is 4.90 Å². The number of rotatable bonds is 2. The predicted octanol–water partition coefficient (Wildman–Crippen LogP) is 2.85. The Hall–Kier alpha value is -1.39. The lowest BCUT2D eigenvalue weighted by Gasteiger charge is -2.34. The summed E-state index contributed by atoms with van der Waals surface area (Å²) in [6, 6.07) is 8.69. The number of amides is 1. The molecule has 0 N–H and O–H groups in total. The molecule has 2 fully saturated rings. The zero-order valence-corrected chi connectivity index (χ0v) is 13.3. The highest BCUT2D eigenvalue weighted by Gasteiger charge is 2.33. The van der Waals surface area contributed by atoms with Crippen molar-refractivity contribution in [3.8, 4) is 0 Å². The van der Waals surface area contributed by atoms with Crippen LogP contribution in [0.3, 0.4) is 0 Å². The smallest absolute Gasteiger partial charge is 0.254 e. The van der Waals surface area contributed by atoms with E-state index in [0.29, 0.717) is 19.8 Å². The SMILES string of the molecule is Cc1cccc([C@@H]2CCCCCN2C(=O)[C@H]2COCCO2)c1. The van der Waals surface area contributed by atoms with Crippen LogP contribution in [0.1, 0.15) is 42.9 Å². The van der Waals surface area contributed by atoms with Crippen LogP contribution < -0.4 is 0 Å². The summed E-state index contributed by atoms with van der Waals surface area (Å²) < 4.78 is 11.0. The molecular weight excluding hydrogens is 278 g/mol. The van der Waals surface area contributed by atoms with E-state index in [1.807, 2.05) is 4.90 Å². The molecule has 2 aliphatic heterocycles. The summed E-state index contributed by atoms with van der Waals surface area (Å²) in [7, 11) is 0. The molecule has 2 saturated heterocycles. The molecule has 120 valence electrons. The second kappa shape index (κ2) is 7.25. The van der Waals surface area contributed by atoms with Gasteiger partial charge in [0.2, 0.25) is 0 Å². The Labute approximate surface area is 132 Å². The third-order valence-electron chi connectivity index (χ3n) is 4.55. The summed E-state index contributed by atoms with van der Waals surface area (Å²) in [5.74, 6) is 0.0908. The largest absolute Gasteiger partial charge is 0.376 e. The molecule has 0 saturated carbocycles. The molecule has 2 aliphatic rings. The Morgan fingerprint density at radius 3 is 2.91 bits per heavy atom. The quantitative estimate of drug-likeness (QED) is 0.843. The number of nitrogens with zero attached hydrogens (tertiary/aromatic N) is 1. The zero-order valence-electron chi connectivity index (χ0n) is 13.3. The van der Waals surface area contributed by atoms with Gasteiger partial charge in [-0.3, -0.25) is 4.79 Å². The van der Waals surface area contributed by atoms with E-state index >= 15 is 0 Å². The summed E-state index contributed by atoms with van der Waals surface area (Å²) in [6.07, 6.45) is 4.03. The van der Waals surface area contributed by atoms with Gasteiger partial charge in [0.1, 0.15) is 0 Å². The summed E-state index contributed by atoms with van der Waals surface area (Å²) in [5, 5.41) is 0. The number of benzene rings is 1. The van der Waals surface area contributed by atoms with E-state index in [1.165, 1.54) is 24.0 Å². The molecule has 4 heteroatoms.